The van der Waals surface area contributed by atoms with E-state index >= 15 is 0 Å². The van der Waals surface area contributed by atoms with E-state index in [0.717, 1.165) is 36.7 Å². The third-order valence-corrected chi connectivity index (χ3v) is 6.16. The van der Waals surface area contributed by atoms with Crippen LogP contribution in [0.15, 0.2) is 29.3 Å². The number of rotatable bonds is 6. The summed E-state index contributed by atoms with van der Waals surface area (Å²) in [6.45, 7) is 10.3. The second kappa shape index (κ2) is 10.2. The molecule has 194 valence electrons. The summed E-state index contributed by atoms with van der Waals surface area (Å²) in [4.78, 5) is 17.5. The first-order valence-electron chi connectivity index (χ1n) is 11.7. The summed E-state index contributed by atoms with van der Waals surface area (Å²) in [5.74, 6) is -0.936. The van der Waals surface area contributed by atoms with Crippen LogP contribution >= 0.6 is 0 Å². The first-order chi connectivity index (χ1) is 16.2. The van der Waals surface area contributed by atoms with E-state index in [4.69, 9.17) is 9.47 Å². The minimum Gasteiger partial charge on any atom is -0.487 e. The highest BCUT2D eigenvalue weighted by molar-refractivity contribution is 5.97. The standard InChI is InChI=1S/C25H34F3N3O4/c1-15(32)16(2)35-20-10-9-17(25(26,27)28)12-19(20)23(33)29-22-13-21(24(3,4)5)30(6)31(22)14-18-8-7-11-34-18/h9-10,12-13,15-16,18,32H,7-8,11,14H2,1-6H3/b29-22+/t15-,16-,18+/m0/s1. The molecule has 3 rings (SSSR count). The Kier molecular flexibility index (Phi) is 7.86. The van der Waals surface area contributed by atoms with Gasteiger partial charge in [0.1, 0.15) is 11.9 Å². The predicted octanol–water partition coefficient (Wildman–Crippen LogP) is 4.21. The molecule has 1 fully saturated rings. The Bertz CT molecular complexity index is 1120. The van der Waals surface area contributed by atoms with Crippen LogP contribution in [0.25, 0.3) is 0 Å². The zero-order chi connectivity index (χ0) is 26.1. The van der Waals surface area contributed by atoms with E-state index in [-0.39, 0.29) is 22.8 Å². The molecule has 0 radical (unpaired) electrons. The molecule has 1 aliphatic heterocycles. The van der Waals surface area contributed by atoms with Gasteiger partial charge in [0.2, 0.25) is 0 Å². The number of benzene rings is 1. The summed E-state index contributed by atoms with van der Waals surface area (Å²) in [5, 5.41) is 9.78. The van der Waals surface area contributed by atoms with Crippen molar-refractivity contribution >= 4 is 5.91 Å². The number of nitrogens with zero attached hydrogens (tertiary/aromatic N) is 3. The molecular formula is C25H34F3N3O4. The molecule has 10 heteroatoms. The number of aromatic nitrogens is 2. The van der Waals surface area contributed by atoms with Gasteiger partial charge in [-0.2, -0.15) is 18.2 Å². The molecule has 0 spiro atoms. The van der Waals surface area contributed by atoms with Crippen LogP contribution in [0.5, 0.6) is 5.75 Å². The van der Waals surface area contributed by atoms with E-state index in [0.29, 0.717) is 18.6 Å². The van der Waals surface area contributed by atoms with Gasteiger partial charge in [0, 0.05) is 30.8 Å². The molecule has 0 bridgehead atoms. The number of ether oxygens (including phenoxy) is 2. The van der Waals surface area contributed by atoms with Crippen molar-refractivity contribution in [1.82, 2.24) is 9.36 Å². The SMILES string of the molecule is C[C@H](O)[C@H](C)Oc1ccc(C(F)(F)F)cc1C(=O)/N=c1\cc(C(C)(C)C)n(C)n1C[C@H]1CCCO1. The molecule has 0 saturated carbocycles. The normalized spacial score (nSPS) is 19.1. The minimum atomic E-state index is -4.64. The van der Waals surface area contributed by atoms with E-state index in [1.165, 1.54) is 6.92 Å². The number of carbonyl (C=O) groups is 1. The van der Waals surface area contributed by atoms with Gasteiger partial charge in [-0.25, -0.2) is 0 Å². The molecule has 1 amide bonds. The van der Waals surface area contributed by atoms with E-state index in [2.05, 4.69) is 4.99 Å². The Labute approximate surface area is 203 Å². The fourth-order valence-corrected chi connectivity index (χ4v) is 4.00. The highest BCUT2D eigenvalue weighted by Gasteiger charge is 2.32. The quantitative estimate of drug-likeness (QED) is 0.649. The van der Waals surface area contributed by atoms with Crippen LogP contribution in [0.3, 0.4) is 0 Å². The second-order valence-corrected chi connectivity index (χ2v) is 10.1. The van der Waals surface area contributed by atoms with Gasteiger partial charge >= 0.3 is 6.18 Å². The molecule has 1 aromatic carbocycles. The fraction of sp³-hybridized carbons (Fsp3) is 0.600. The number of alkyl halides is 3. The van der Waals surface area contributed by atoms with Crippen LogP contribution in [0, 0.1) is 0 Å². The number of halogens is 3. The Balaban J connectivity index is 2.12. The van der Waals surface area contributed by atoms with Gasteiger partial charge in [0.15, 0.2) is 5.49 Å². The zero-order valence-electron chi connectivity index (χ0n) is 21.0. The van der Waals surface area contributed by atoms with E-state index in [1.54, 1.807) is 13.0 Å². The van der Waals surface area contributed by atoms with E-state index < -0.39 is 29.9 Å². The zero-order valence-corrected chi connectivity index (χ0v) is 21.0. The van der Waals surface area contributed by atoms with Crippen molar-refractivity contribution in [2.24, 2.45) is 12.0 Å². The monoisotopic (exact) mass is 497 g/mol. The first kappa shape index (κ1) is 27.0. The van der Waals surface area contributed by atoms with Gasteiger partial charge in [-0.15, -0.1) is 0 Å². The topological polar surface area (TPSA) is 78.0 Å². The van der Waals surface area contributed by atoms with Gasteiger partial charge in [-0.1, -0.05) is 20.8 Å². The van der Waals surface area contributed by atoms with Gasteiger partial charge < -0.3 is 14.6 Å². The van der Waals surface area contributed by atoms with Gasteiger partial charge in [0.05, 0.1) is 29.9 Å². The molecular weight excluding hydrogens is 463 g/mol. The number of aliphatic hydroxyl groups is 1. The smallest absolute Gasteiger partial charge is 0.416 e. The van der Waals surface area contributed by atoms with Crippen LogP contribution < -0.4 is 10.2 Å². The number of carbonyl (C=O) groups excluding carboxylic acids is 1. The molecule has 7 nitrogen and oxygen atoms in total. The van der Waals surface area contributed by atoms with Crippen molar-refractivity contribution in [3.63, 3.8) is 0 Å². The van der Waals surface area contributed by atoms with Crippen molar-refractivity contribution < 1.29 is 32.5 Å². The third-order valence-electron chi connectivity index (χ3n) is 6.16. The van der Waals surface area contributed by atoms with E-state index in [1.807, 2.05) is 37.2 Å². The molecule has 0 aliphatic carbocycles. The molecule has 1 aliphatic rings. The molecule has 1 saturated heterocycles. The summed E-state index contributed by atoms with van der Waals surface area (Å²) in [5.41, 5.74) is -0.336. The van der Waals surface area contributed by atoms with Crippen molar-refractivity contribution in [3.8, 4) is 5.75 Å². The molecule has 3 atom stereocenters. The minimum absolute atomic E-state index is 0.0372. The Morgan fingerprint density at radius 1 is 1.26 bits per heavy atom. The van der Waals surface area contributed by atoms with Crippen molar-refractivity contribution in [3.05, 3.63) is 46.6 Å². The molecule has 1 aromatic heterocycles. The highest BCUT2D eigenvalue weighted by Crippen LogP contribution is 2.33. The number of aliphatic hydroxyl groups excluding tert-OH is 1. The Morgan fingerprint density at radius 2 is 1.94 bits per heavy atom. The lowest BCUT2D eigenvalue weighted by Crippen LogP contribution is -2.30. The Morgan fingerprint density at radius 3 is 2.49 bits per heavy atom. The molecule has 2 aromatic rings. The lowest BCUT2D eigenvalue weighted by atomic mass is 9.92. The number of hydrogen-bond donors (Lipinski definition) is 1. The predicted molar refractivity (Wildman–Crippen MR) is 124 cm³/mol. The number of hydrogen-bond acceptors (Lipinski definition) is 4. The second-order valence-electron chi connectivity index (χ2n) is 10.1. The summed E-state index contributed by atoms with van der Waals surface area (Å²) < 4.78 is 55.4. The maximum atomic E-state index is 13.4. The van der Waals surface area contributed by atoms with Crippen LogP contribution in [-0.2, 0) is 29.9 Å². The maximum absolute atomic E-state index is 13.4. The van der Waals surface area contributed by atoms with Crippen molar-refractivity contribution in [1.29, 1.82) is 0 Å². The molecule has 2 heterocycles. The van der Waals surface area contributed by atoms with Crippen molar-refractivity contribution in [2.45, 2.75) is 83.9 Å². The summed E-state index contributed by atoms with van der Waals surface area (Å²) in [6.07, 6.45) is -4.50. The number of amides is 1. The van der Waals surface area contributed by atoms with Gasteiger partial charge in [-0.3, -0.25) is 14.2 Å². The average Bonchev–Trinajstić information content (AvgIpc) is 3.36. The lowest BCUT2D eigenvalue weighted by molar-refractivity contribution is -0.137. The maximum Gasteiger partial charge on any atom is 0.416 e. The Hall–Kier alpha value is -2.59. The largest absolute Gasteiger partial charge is 0.487 e. The molecule has 1 N–H and O–H groups in total. The first-order valence-corrected chi connectivity index (χ1v) is 11.7. The highest BCUT2D eigenvalue weighted by atomic mass is 19.4. The van der Waals surface area contributed by atoms with E-state index in [9.17, 15) is 23.1 Å². The fourth-order valence-electron chi connectivity index (χ4n) is 4.00. The lowest BCUT2D eigenvalue weighted by Gasteiger charge is -2.21. The molecule has 0 unspecified atom stereocenters. The summed E-state index contributed by atoms with van der Waals surface area (Å²) >= 11 is 0. The van der Waals surface area contributed by atoms with Crippen LogP contribution in [-0.4, -0.2) is 45.3 Å². The van der Waals surface area contributed by atoms with Crippen molar-refractivity contribution in [2.75, 3.05) is 6.61 Å². The van der Waals surface area contributed by atoms with Crippen LogP contribution in [0.4, 0.5) is 13.2 Å². The van der Waals surface area contributed by atoms with Crippen LogP contribution in [0.2, 0.25) is 0 Å². The molecule has 35 heavy (non-hydrogen) atoms. The van der Waals surface area contributed by atoms with Gasteiger partial charge in [0.25, 0.3) is 5.91 Å². The van der Waals surface area contributed by atoms with Crippen LogP contribution in [0.1, 0.15) is 69.1 Å². The third kappa shape index (κ3) is 6.35. The average molecular weight is 498 g/mol. The summed E-state index contributed by atoms with van der Waals surface area (Å²) in [7, 11) is 1.86. The summed E-state index contributed by atoms with van der Waals surface area (Å²) in [6, 6.07) is 4.46. The van der Waals surface area contributed by atoms with Gasteiger partial charge in [-0.05, 0) is 44.9 Å².